The van der Waals surface area contributed by atoms with E-state index in [4.69, 9.17) is 4.74 Å². The Kier molecular flexibility index (Phi) is 5.97. The van der Waals surface area contributed by atoms with Crippen molar-refractivity contribution in [3.05, 3.63) is 64.7 Å². The molecule has 0 aliphatic carbocycles. The van der Waals surface area contributed by atoms with Crippen LogP contribution >= 0.6 is 0 Å². The first kappa shape index (κ1) is 21.6. The molecule has 0 aromatic heterocycles. The van der Waals surface area contributed by atoms with E-state index in [1.54, 1.807) is 25.1 Å². The minimum atomic E-state index is -1.14. The van der Waals surface area contributed by atoms with Crippen molar-refractivity contribution in [1.82, 2.24) is 10.2 Å². The summed E-state index contributed by atoms with van der Waals surface area (Å²) in [5, 5.41) is 2.83. The van der Waals surface area contributed by atoms with E-state index in [9.17, 15) is 14.4 Å². The van der Waals surface area contributed by atoms with Crippen LogP contribution in [-0.4, -0.2) is 29.2 Å². The Morgan fingerprint density at radius 1 is 1.13 bits per heavy atom. The van der Waals surface area contributed by atoms with Crippen LogP contribution in [0.5, 0.6) is 5.75 Å². The Morgan fingerprint density at radius 3 is 2.37 bits per heavy atom. The zero-order chi connectivity index (χ0) is 22.1. The molecule has 1 heterocycles. The molecule has 2 aromatic rings. The largest absolute Gasteiger partial charge is 0.494 e. The van der Waals surface area contributed by atoms with Crippen molar-refractivity contribution in [2.75, 3.05) is 6.61 Å². The highest BCUT2D eigenvalue weighted by Gasteiger charge is 2.49. The highest BCUT2D eigenvalue weighted by molar-refractivity contribution is 6.07. The van der Waals surface area contributed by atoms with Crippen molar-refractivity contribution in [2.45, 2.75) is 52.6 Å². The molecular weight excluding hydrogens is 380 g/mol. The van der Waals surface area contributed by atoms with E-state index in [-0.39, 0.29) is 18.2 Å². The van der Waals surface area contributed by atoms with Crippen LogP contribution in [0.1, 0.15) is 67.6 Å². The third kappa shape index (κ3) is 3.95. The van der Waals surface area contributed by atoms with Crippen molar-refractivity contribution in [3.8, 4) is 5.75 Å². The second kappa shape index (κ2) is 8.30. The third-order valence-electron chi connectivity index (χ3n) is 5.52. The average molecular weight is 408 g/mol. The molecule has 1 unspecified atom stereocenters. The minimum absolute atomic E-state index is 0.0286. The summed E-state index contributed by atoms with van der Waals surface area (Å²) < 4.78 is 5.64. The third-order valence-corrected chi connectivity index (χ3v) is 5.52. The van der Waals surface area contributed by atoms with E-state index < -0.39 is 11.6 Å². The van der Waals surface area contributed by atoms with E-state index in [2.05, 4.69) is 19.2 Å². The lowest BCUT2D eigenvalue weighted by Crippen LogP contribution is -2.40. The molecule has 1 N–H and O–H groups in total. The number of benzene rings is 2. The standard InChI is InChI=1S/C24H28N2O4/c1-6-30-21-12-9-18(16(4)27)13-19(21)14-26-22(28)24(5,25-23(26)29)20-10-7-17(8-11-20)15(2)3/h7-13,15H,6,14H2,1-5H3,(H,25,29). The molecule has 6 heteroatoms. The molecular formula is C24H28N2O4. The first-order chi connectivity index (χ1) is 14.2. The number of carbonyl (C=O) groups excluding carboxylic acids is 3. The number of ketones is 1. The molecule has 0 radical (unpaired) electrons. The minimum Gasteiger partial charge on any atom is -0.494 e. The maximum Gasteiger partial charge on any atom is 0.325 e. The molecule has 0 saturated carbocycles. The van der Waals surface area contributed by atoms with Gasteiger partial charge in [0.2, 0.25) is 0 Å². The van der Waals surface area contributed by atoms with Crippen LogP contribution in [0.4, 0.5) is 4.79 Å². The molecule has 2 aromatic carbocycles. The number of ether oxygens (including phenoxy) is 1. The van der Waals surface area contributed by atoms with Gasteiger partial charge in [0.15, 0.2) is 5.78 Å². The van der Waals surface area contributed by atoms with Gasteiger partial charge in [-0.3, -0.25) is 14.5 Å². The van der Waals surface area contributed by atoms with Gasteiger partial charge in [-0.15, -0.1) is 0 Å². The fourth-order valence-electron chi connectivity index (χ4n) is 3.63. The summed E-state index contributed by atoms with van der Waals surface area (Å²) in [4.78, 5) is 39.0. The molecule has 1 aliphatic heterocycles. The number of rotatable bonds is 7. The summed E-state index contributed by atoms with van der Waals surface area (Å²) in [7, 11) is 0. The van der Waals surface area contributed by atoms with Crippen LogP contribution < -0.4 is 10.1 Å². The van der Waals surface area contributed by atoms with Gasteiger partial charge < -0.3 is 10.1 Å². The Hall–Kier alpha value is -3.15. The highest BCUT2D eigenvalue weighted by Crippen LogP contribution is 2.32. The smallest absolute Gasteiger partial charge is 0.325 e. The number of nitrogens with one attached hydrogen (secondary N) is 1. The van der Waals surface area contributed by atoms with Crippen LogP contribution in [0.25, 0.3) is 0 Å². The van der Waals surface area contributed by atoms with Crippen molar-refractivity contribution in [3.63, 3.8) is 0 Å². The van der Waals surface area contributed by atoms with E-state index >= 15 is 0 Å². The summed E-state index contributed by atoms with van der Waals surface area (Å²) in [6, 6.07) is 12.3. The number of urea groups is 1. The van der Waals surface area contributed by atoms with Gasteiger partial charge in [-0.1, -0.05) is 38.1 Å². The summed E-state index contributed by atoms with van der Waals surface area (Å²) in [5.41, 5.74) is 1.88. The number of hydrogen-bond acceptors (Lipinski definition) is 4. The van der Waals surface area contributed by atoms with E-state index in [0.29, 0.717) is 29.4 Å². The topological polar surface area (TPSA) is 75.7 Å². The van der Waals surface area contributed by atoms with E-state index in [1.807, 2.05) is 31.2 Å². The van der Waals surface area contributed by atoms with Crippen LogP contribution in [0.2, 0.25) is 0 Å². The van der Waals surface area contributed by atoms with Crippen LogP contribution in [-0.2, 0) is 16.9 Å². The van der Waals surface area contributed by atoms with Crippen LogP contribution in [0.3, 0.4) is 0 Å². The zero-order valence-corrected chi connectivity index (χ0v) is 18.1. The molecule has 1 aliphatic rings. The molecule has 0 bridgehead atoms. The molecule has 1 saturated heterocycles. The fourth-order valence-corrected chi connectivity index (χ4v) is 3.63. The summed E-state index contributed by atoms with van der Waals surface area (Å²) in [5.74, 6) is 0.507. The second-order valence-electron chi connectivity index (χ2n) is 8.03. The van der Waals surface area contributed by atoms with Gasteiger partial charge in [-0.25, -0.2) is 4.79 Å². The molecule has 3 amide bonds. The molecule has 30 heavy (non-hydrogen) atoms. The number of imide groups is 1. The predicted octanol–water partition coefficient (Wildman–Crippen LogP) is 4.38. The van der Waals surface area contributed by atoms with E-state index in [1.165, 1.54) is 17.4 Å². The second-order valence-corrected chi connectivity index (χ2v) is 8.03. The van der Waals surface area contributed by atoms with Crippen molar-refractivity contribution in [2.24, 2.45) is 0 Å². The molecule has 6 nitrogen and oxygen atoms in total. The van der Waals surface area contributed by atoms with Gasteiger partial charge in [0.25, 0.3) is 5.91 Å². The molecule has 158 valence electrons. The van der Waals surface area contributed by atoms with E-state index in [0.717, 1.165) is 5.56 Å². The Bertz CT molecular complexity index is 981. The fraction of sp³-hybridized carbons (Fsp3) is 0.375. The molecule has 1 atom stereocenters. The summed E-state index contributed by atoms with van der Waals surface area (Å²) in [6.07, 6.45) is 0. The first-order valence-corrected chi connectivity index (χ1v) is 10.2. The maximum absolute atomic E-state index is 13.3. The van der Waals surface area contributed by atoms with Crippen molar-refractivity contribution >= 4 is 17.7 Å². The van der Waals surface area contributed by atoms with Crippen LogP contribution in [0, 0.1) is 0 Å². The van der Waals surface area contributed by atoms with Gasteiger partial charge in [-0.05, 0) is 56.0 Å². The van der Waals surface area contributed by atoms with Gasteiger partial charge in [0.1, 0.15) is 11.3 Å². The Labute approximate surface area is 177 Å². The molecule has 0 spiro atoms. The summed E-state index contributed by atoms with van der Waals surface area (Å²) in [6.45, 7) is 9.72. The number of amides is 3. The number of carbonyl (C=O) groups is 3. The normalized spacial score (nSPS) is 18.7. The Morgan fingerprint density at radius 2 is 1.80 bits per heavy atom. The highest BCUT2D eigenvalue weighted by atomic mass is 16.5. The SMILES string of the molecule is CCOc1ccc(C(C)=O)cc1CN1C(=O)NC(C)(c2ccc(C(C)C)cc2)C1=O. The summed E-state index contributed by atoms with van der Waals surface area (Å²) >= 11 is 0. The molecule has 3 rings (SSSR count). The van der Waals surface area contributed by atoms with Gasteiger partial charge in [0.05, 0.1) is 13.2 Å². The quantitative estimate of drug-likeness (QED) is 0.545. The maximum atomic E-state index is 13.3. The van der Waals surface area contributed by atoms with Crippen LogP contribution in [0.15, 0.2) is 42.5 Å². The number of nitrogens with zero attached hydrogens (tertiary/aromatic N) is 1. The van der Waals surface area contributed by atoms with Gasteiger partial charge >= 0.3 is 6.03 Å². The first-order valence-electron chi connectivity index (χ1n) is 10.2. The zero-order valence-electron chi connectivity index (χ0n) is 18.1. The Balaban J connectivity index is 1.91. The lowest BCUT2D eigenvalue weighted by molar-refractivity contribution is -0.131. The van der Waals surface area contributed by atoms with Gasteiger partial charge in [0, 0.05) is 11.1 Å². The average Bonchev–Trinajstić information content (AvgIpc) is 2.93. The number of Topliss-reactive ketones (excluding diaryl/α,β-unsaturated/α-hetero) is 1. The molecule has 1 fully saturated rings. The van der Waals surface area contributed by atoms with Gasteiger partial charge in [-0.2, -0.15) is 0 Å². The number of hydrogen-bond donors (Lipinski definition) is 1. The predicted molar refractivity (Wildman–Crippen MR) is 115 cm³/mol. The van der Waals surface area contributed by atoms with Crippen molar-refractivity contribution < 1.29 is 19.1 Å². The van der Waals surface area contributed by atoms with Crippen molar-refractivity contribution in [1.29, 1.82) is 0 Å². The lowest BCUT2D eigenvalue weighted by Gasteiger charge is -2.23. The monoisotopic (exact) mass is 408 g/mol. The lowest BCUT2D eigenvalue weighted by atomic mass is 9.90.